The number of hydrogen-bond donors (Lipinski definition) is 1. The van der Waals surface area contributed by atoms with Crippen molar-refractivity contribution in [3.8, 4) is 11.5 Å². The maximum absolute atomic E-state index is 13.0. The normalized spacial score (nSPS) is 16.9. The monoisotopic (exact) mass is 458 g/mol. The van der Waals surface area contributed by atoms with Gasteiger partial charge in [-0.1, -0.05) is 23.7 Å². The fourth-order valence-electron chi connectivity index (χ4n) is 3.77. The van der Waals surface area contributed by atoms with E-state index in [1.54, 1.807) is 23.1 Å². The lowest BCUT2D eigenvalue weighted by atomic mass is 10.0. The molecule has 7 nitrogen and oxygen atoms in total. The summed E-state index contributed by atoms with van der Waals surface area (Å²) in [5, 5.41) is 3.81. The van der Waals surface area contributed by atoms with Gasteiger partial charge in [0.1, 0.15) is 0 Å². The van der Waals surface area contributed by atoms with Gasteiger partial charge in [0.25, 0.3) is 11.8 Å². The molecule has 2 aromatic carbocycles. The Bertz CT molecular complexity index is 955. The van der Waals surface area contributed by atoms with Crippen LogP contribution in [0.2, 0.25) is 5.02 Å². The Morgan fingerprint density at radius 3 is 2.50 bits per heavy atom. The van der Waals surface area contributed by atoms with Gasteiger partial charge in [0.2, 0.25) is 0 Å². The van der Waals surface area contributed by atoms with E-state index in [2.05, 4.69) is 5.32 Å². The van der Waals surface area contributed by atoms with Crippen molar-refractivity contribution < 1.29 is 23.8 Å². The number of ether oxygens (including phenoxy) is 3. The standard InChI is InChI=1S/C24H27ClN2O5/c1-30-21-14-18(6-9-20(21)32-15-22(28)27-10-12-31-13-11-27)24(29)26-23(16-2-3-16)17-4-7-19(25)8-5-17/h4-9,14,16,23H,2-3,10-13,15H2,1H3,(H,26,29)/t23-/m0/s1. The lowest BCUT2D eigenvalue weighted by Crippen LogP contribution is -2.43. The Labute approximate surface area is 192 Å². The van der Waals surface area contributed by atoms with E-state index in [0.29, 0.717) is 54.3 Å². The minimum atomic E-state index is -0.189. The van der Waals surface area contributed by atoms with E-state index < -0.39 is 0 Å². The molecular weight excluding hydrogens is 432 g/mol. The first-order chi connectivity index (χ1) is 15.5. The van der Waals surface area contributed by atoms with Gasteiger partial charge in [0.15, 0.2) is 18.1 Å². The van der Waals surface area contributed by atoms with Crippen LogP contribution >= 0.6 is 11.6 Å². The van der Waals surface area contributed by atoms with Crippen LogP contribution < -0.4 is 14.8 Å². The second-order valence-electron chi connectivity index (χ2n) is 7.99. The first kappa shape index (κ1) is 22.4. The van der Waals surface area contributed by atoms with Crippen LogP contribution in [0, 0.1) is 5.92 Å². The first-order valence-corrected chi connectivity index (χ1v) is 11.2. The smallest absolute Gasteiger partial charge is 0.260 e. The molecule has 0 radical (unpaired) electrons. The molecule has 0 unspecified atom stereocenters. The third kappa shape index (κ3) is 5.53. The molecule has 1 aliphatic carbocycles. The third-order valence-electron chi connectivity index (χ3n) is 5.75. The van der Waals surface area contributed by atoms with E-state index in [4.69, 9.17) is 25.8 Å². The van der Waals surface area contributed by atoms with Gasteiger partial charge in [0.05, 0.1) is 26.4 Å². The summed E-state index contributed by atoms with van der Waals surface area (Å²) in [5.74, 6) is 0.957. The van der Waals surface area contributed by atoms with Crippen LogP contribution in [0.15, 0.2) is 42.5 Å². The number of carbonyl (C=O) groups excluding carboxylic acids is 2. The van der Waals surface area contributed by atoms with Crippen molar-refractivity contribution in [1.82, 2.24) is 10.2 Å². The molecule has 2 fully saturated rings. The predicted molar refractivity (Wildman–Crippen MR) is 120 cm³/mol. The minimum absolute atomic E-state index is 0.0622. The Hall–Kier alpha value is -2.77. The summed E-state index contributed by atoms with van der Waals surface area (Å²) in [6.07, 6.45) is 2.17. The lowest BCUT2D eigenvalue weighted by molar-refractivity contribution is -0.137. The number of hydrogen-bond acceptors (Lipinski definition) is 5. The van der Waals surface area contributed by atoms with Crippen LogP contribution in [-0.2, 0) is 9.53 Å². The van der Waals surface area contributed by atoms with Gasteiger partial charge in [-0.3, -0.25) is 9.59 Å². The van der Waals surface area contributed by atoms with Gasteiger partial charge in [0, 0.05) is 23.7 Å². The van der Waals surface area contributed by atoms with Gasteiger partial charge < -0.3 is 24.4 Å². The molecule has 2 amide bonds. The van der Waals surface area contributed by atoms with Crippen molar-refractivity contribution in [2.45, 2.75) is 18.9 Å². The van der Waals surface area contributed by atoms with E-state index in [0.717, 1.165) is 18.4 Å². The number of nitrogens with zero attached hydrogens (tertiary/aromatic N) is 1. The fourth-order valence-corrected chi connectivity index (χ4v) is 3.90. The third-order valence-corrected chi connectivity index (χ3v) is 6.00. The van der Waals surface area contributed by atoms with E-state index in [1.807, 2.05) is 24.3 Å². The highest BCUT2D eigenvalue weighted by Crippen LogP contribution is 2.41. The van der Waals surface area contributed by atoms with Gasteiger partial charge in [-0.2, -0.15) is 0 Å². The van der Waals surface area contributed by atoms with Crippen LogP contribution in [0.4, 0.5) is 0 Å². The molecule has 1 saturated carbocycles. The first-order valence-electron chi connectivity index (χ1n) is 10.8. The van der Waals surface area contributed by atoms with Crippen molar-refractivity contribution in [2.75, 3.05) is 40.0 Å². The van der Waals surface area contributed by atoms with Crippen LogP contribution in [0.1, 0.15) is 34.8 Å². The summed E-state index contributed by atoms with van der Waals surface area (Å²) in [4.78, 5) is 27.0. The Balaban J connectivity index is 1.41. The molecule has 1 atom stereocenters. The molecule has 2 aliphatic rings. The van der Waals surface area contributed by atoms with Crippen LogP contribution in [0.5, 0.6) is 11.5 Å². The number of nitrogens with one attached hydrogen (secondary N) is 1. The maximum Gasteiger partial charge on any atom is 0.260 e. The van der Waals surface area contributed by atoms with E-state index >= 15 is 0 Å². The topological polar surface area (TPSA) is 77.1 Å². The Kier molecular flexibility index (Phi) is 7.17. The summed E-state index contributed by atoms with van der Waals surface area (Å²) in [6.45, 7) is 2.11. The molecule has 2 aromatic rings. The zero-order valence-corrected chi connectivity index (χ0v) is 18.8. The highest BCUT2D eigenvalue weighted by atomic mass is 35.5. The SMILES string of the molecule is COc1cc(C(=O)N[C@H](c2ccc(Cl)cc2)C2CC2)ccc1OCC(=O)N1CCOCC1. The molecule has 0 aromatic heterocycles. The molecule has 8 heteroatoms. The Morgan fingerprint density at radius 1 is 1.12 bits per heavy atom. The van der Waals surface area contributed by atoms with Crippen LogP contribution in [0.25, 0.3) is 0 Å². The van der Waals surface area contributed by atoms with E-state index in [-0.39, 0.29) is 24.5 Å². The minimum Gasteiger partial charge on any atom is -0.493 e. The van der Waals surface area contributed by atoms with Crippen molar-refractivity contribution in [2.24, 2.45) is 5.92 Å². The van der Waals surface area contributed by atoms with Crippen molar-refractivity contribution in [1.29, 1.82) is 0 Å². The molecule has 0 spiro atoms. The van der Waals surface area contributed by atoms with Crippen molar-refractivity contribution in [3.05, 3.63) is 58.6 Å². The zero-order valence-electron chi connectivity index (χ0n) is 18.0. The van der Waals surface area contributed by atoms with Gasteiger partial charge >= 0.3 is 0 Å². The average molecular weight is 459 g/mol. The van der Waals surface area contributed by atoms with Gasteiger partial charge in [-0.15, -0.1) is 0 Å². The molecule has 32 heavy (non-hydrogen) atoms. The molecule has 170 valence electrons. The lowest BCUT2D eigenvalue weighted by Gasteiger charge is -2.26. The molecule has 0 bridgehead atoms. The number of rotatable bonds is 8. The number of methoxy groups -OCH3 is 1. The quantitative estimate of drug-likeness (QED) is 0.655. The largest absolute Gasteiger partial charge is 0.493 e. The molecule has 4 rings (SSSR count). The number of amides is 2. The summed E-state index contributed by atoms with van der Waals surface area (Å²) in [5.41, 5.74) is 1.51. The number of benzene rings is 2. The summed E-state index contributed by atoms with van der Waals surface area (Å²) < 4.78 is 16.4. The predicted octanol–water partition coefficient (Wildman–Crippen LogP) is 3.47. The van der Waals surface area contributed by atoms with Crippen LogP contribution in [-0.4, -0.2) is 56.7 Å². The van der Waals surface area contributed by atoms with Crippen molar-refractivity contribution >= 4 is 23.4 Å². The highest BCUT2D eigenvalue weighted by Gasteiger charge is 2.33. The summed E-state index contributed by atoms with van der Waals surface area (Å²) >= 11 is 6.01. The number of morpholine rings is 1. The van der Waals surface area contributed by atoms with Gasteiger partial charge in [-0.05, 0) is 54.7 Å². The maximum atomic E-state index is 13.0. The molecule has 1 saturated heterocycles. The van der Waals surface area contributed by atoms with E-state index in [1.165, 1.54) is 7.11 Å². The fraction of sp³-hybridized carbons (Fsp3) is 0.417. The van der Waals surface area contributed by atoms with E-state index in [9.17, 15) is 9.59 Å². The highest BCUT2D eigenvalue weighted by molar-refractivity contribution is 6.30. The average Bonchev–Trinajstić information content (AvgIpc) is 3.67. The van der Waals surface area contributed by atoms with Crippen LogP contribution in [0.3, 0.4) is 0 Å². The van der Waals surface area contributed by atoms with Gasteiger partial charge in [-0.25, -0.2) is 0 Å². The molecule has 1 aliphatic heterocycles. The zero-order chi connectivity index (χ0) is 22.5. The van der Waals surface area contributed by atoms with Crippen molar-refractivity contribution in [3.63, 3.8) is 0 Å². The number of carbonyl (C=O) groups is 2. The molecular formula is C24H27ClN2O5. The molecule has 1 N–H and O–H groups in total. The second-order valence-corrected chi connectivity index (χ2v) is 8.42. The summed E-state index contributed by atoms with van der Waals surface area (Å²) in [7, 11) is 1.51. The Morgan fingerprint density at radius 2 is 1.84 bits per heavy atom. The number of halogens is 1. The second kappa shape index (κ2) is 10.2. The molecule has 1 heterocycles. The summed E-state index contributed by atoms with van der Waals surface area (Å²) in [6, 6.07) is 12.5.